The maximum Gasteiger partial charge on any atom is 0.0708 e. The molecule has 30 heavy (non-hydrogen) atoms. The van der Waals surface area contributed by atoms with E-state index in [-0.39, 0.29) is 0 Å². The summed E-state index contributed by atoms with van der Waals surface area (Å²) in [6.45, 7) is 0. The number of aromatic nitrogens is 2. The van der Waals surface area contributed by atoms with Crippen LogP contribution in [0.4, 0.5) is 0 Å². The molecular formula is C28H20N2. The molecule has 5 aromatic rings. The van der Waals surface area contributed by atoms with Gasteiger partial charge in [-0.25, -0.2) is 0 Å². The lowest BCUT2D eigenvalue weighted by molar-refractivity contribution is 1.32. The molecule has 5 rings (SSSR count). The third-order valence-corrected chi connectivity index (χ3v) is 5.22. The predicted octanol–water partition coefficient (Wildman–Crippen LogP) is 7.14. The smallest absolute Gasteiger partial charge is 0.0708 e. The van der Waals surface area contributed by atoms with Crippen molar-refractivity contribution < 1.29 is 0 Å². The molecule has 0 aliphatic rings. The van der Waals surface area contributed by atoms with Gasteiger partial charge in [0.15, 0.2) is 0 Å². The maximum absolute atomic E-state index is 4.56. The lowest BCUT2D eigenvalue weighted by Gasteiger charge is -2.13. The second-order valence-electron chi connectivity index (χ2n) is 7.10. The lowest BCUT2D eigenvalue weighted by atomic mass is 9.92. The average molecular weight is 384 g/mol. The maximum atomic E-state index is 4.56. The van der Waals surface area contributed by atoms with E-state index in [1.807, 2.05) is 36.7 Å². The Hall–Kier alpha value is -4.04. The van der Waals surface area contributed by atoms with E-state index in [1.54, 1.807) is 0 Å². The first kappa shape index (κ1) is 18.0. The molecule has 142 valence electrons. The molecule has 0 unspecified atom stereocenters. The zero-order valence-corrected chi connectivity index (χ0v) is 16.4. The first-order valence-corrected chi connectivity index (χ1v) is 10.0. The fourth-order valence-corrected chi connectivity index (χ4v) is 3.81. The largest absolute Gasteiger partial charge is 0.256 e. The van der Waals surface area contributed by atoms with E-state index in [1.165, 1.54) is 22.3 Å². The fraction of sp³-hybridized carbons (Fsp3) is 0. The summed E-state index contributed by atoms with van der Waals surface area (Å²) >= 11 is 0. The molecule has 0 saturated heterocycles. The molecule has 0 saturated carbocycles. The monoisotopic (exact) mass is 384 g/mol. The molecule has 2 nitrogen and oxygen atoms in total. The van der Waals surface area contributed by atoms with Crippen LogP contribution in [0.2, 0.25) is 0 Å². The number of nitrogens with zero attached hydrogens (tertiary/aromatic N) is 2. The lowest BCUT2D eigenvalue weighted by Crippen LogP contribution is -1.90. The van der Waals surface area contributed by atoms with Gasteiger partial charge in [-0.05, 0) is 52.6 Å². The third kappa shape index (κ3) is 3.51. The molecular weight excluding hydrogens is 364 g/mol. The van der Waals surface area contributed by atoms with Crippen LogP contribution in [0.25, 0.3) is 44.8 Å². The van der Waals surface area contributed by atoms with Gasteiger partial charge < -0.3 is 0 Å². The predicted molar refractivity (Wildman–Crippen MR) is 124 cm³/mol. The minimum atomic E-state index is 0.979. The second-order valence-corrected chi connectivity index (χ2v) is 7.10. The summed E-state index contributed by atoms with van der Waals surface area (Å²) in [4.78, 5) is 9.12. The quantitative estimate of drug-likeness (QED) is 0.329. The molecule has 0 aliphatic heterocycles. The number of benzene rings is 3. The van der Waals surface area contributed by atoms with Crippen LogP contribution in [0.3, 0.4) is 0 Å². The van der Waals surface area contributed by atoms with E-state index >= 15 is 0 Å². The Morgan fingerprint density at radius 1 is 0.367 bits per heavy atom. The summed E-state index contributed by atoms with van der Waals surface area (Å²) in [6, 6.07) is 37.6. The first-order valence-electron chi connectivity index (χ1n) is 10.0. The molecule has 0 aliphatic carbocycles. The van der Waals surface area contributed by atoms with Crippen LogP contribution in [0.1, 0.15) is 0 Å². The van der Waals surface area contributed by atoms with Crippen LogP contribution in [0.15, 0.2) is 122 Å². The van der Waals surface area contributed by atoms with Gasteiger partial charge in [-0.3, -0.25) is 9.97 Å². The van der Waals surface area contributed by atoms with Gasteiger partial charge in [0.25, 0.3) is 0 Å². The zero-order chi connectivity index (χ0) is 20.2. The van der Waals surface area contributed by atoms with Crippen molar-refractivity contribution in [2.75, 3.05) is 0 Å². The van der Waals surface area contributed by atoms with Gasteiger partial charge in [0, 0.05) is 23.5 Å². The van der Waals surface area contributed by atoms with Gasteiger partial charge in [0.2, 0.25) is 0 Å². The Balaban J connectivity index is 1.64. The molecule has 2 heterocycles. The zero-order valence-electron chi connectivity index (χ0n) is 16.4. The van der Waals surface area contributed by atoms with Crippen molar-refractivity contribution in [2.24, 2.45) is 0 Å². The first-order chi connectivity index (χ1) is 14.9. The van der Waals surface area contributed by atoms with Crippen molar-refractivity contribution in [2.45, 2.75) is 0 Å². The van der Waals surface area contributed by atoms with Crippen molar-refractivity contribution in [1.82, 2.24) is 9.97 Å². The molecule has 2 heteroatoms. The summed E-state index contributed by atoms with van der Waals surface area (Å²) in [7, 11) is 0. The minimum Gasteiger partial charge on any atom is -0.256 e. The van der Waals surface area contributed by atoms with Crippen LogP contribution in [0, 0.1) is 0 Å². The van der Waals surface area contributed by atoms with Crippen molar-refractivity contribution in [1.29, 1.82) is 0 Å². The van der Waals surface area contributed by atoms with E-state index < -0.39 is 0 Å². The van der Waals surface area contributed by atoms with Gasteiger partial charge >= 0.3 is 0 Å². The molecule has 2 aromatic heterocycles. The molecule has 0 radical (unpaired) electrons. The van der Waals surface area contributed by atoms with Crippen LogP contribution in [0.5, 0.6) is 0 Å². The molecule has 3 aromatic carbocycles. The molecule has 0 spiro atoms. The van der Waals surface area contributed by atoms with Crippen LogP contribution in [-0.2, 0) is 0 Å². The normalized spacial score (nSPS) is 10.7. The Kier molecular flexibility index (Phi) is 4.89. The standard InChI is InChI=1S/C28H20N2/c1-3-14-25(27-16-5-7-18-29-27)23(12-1)21-10-9-11-22(20-21)24-13-2-4-15-26(24)28-17-6-8-19-30-28/h1-20H. The van der Waals surface area contributed by atoms with E-state index in [2.05, 4.69) is 94.9 Å². The minimum absolute atomic E-state index is 0.979. The fourth-order valence-electron chi connectivity index (χ4n) is 3.81. The molecule has 0 amide bonds. The highest BCUT2D eigenvalue weighted by Gasteiger charge is 2.11. The van der Waals surface area contributed by atoms with Crippen LogP contribution >= 0.6 is 0 Å². The van der Waals surface area contributed by atoms with E-state index in [0.29, 0.717) is 0 Å². The summed E-state index contributed by atoms with van der Waals surface area (Å²) in [5.41, 5.74) is 8.91. The van der Waals surface area contributed by atoms with Crippen molar-refractivity contribution in [3.63, 3.8) is 0 Å². The molecule has 0 N–H and O–H groups in total. The Bertz CT molecular complexity index is 1180. The second kappa shape index (κ2) is 8.14. The van der Waals surface area contributed by atoms with Gasteiger partial charge in [-0.1, -0.05) is 78.9 Å². The van der Waals surface area contributed by atoms with Crippen LogP contribution < -0.4 is 0 Å². The highest BCUT2D eigenvalue weighted by molar-refractivity contribution is 5.87. The SMILES string of the molecule is c1ccc(-c2ccccc2-c2cccc(-c3ccccc3-c3ccccn3)c2)nc1. The van der Waals surface area contributed by atoms with E-state index in [9.17, 15) is 0 Å². The topological polar surface area (TPSA) is 25.8 Å². The van der Waals surface area contributed by atoms with E-state index in [0.717, 1.165) is 22.5 Å². The summed E-state index contributed by atoms with van der Waals surface area (Å²) < 4.78 is 0. The highest BCUT2D eigenvalue weighted by atomic mass is 14.7. The summed E-state index contributed by atoms with van der Waals surface area (Å²) in [6.07, 6.45) is 3.68. The van der Waals surface area contributed by atoms with Crippen LogP contribution in [-0.4, -0.2) is 9.97 Å². The number of hydrogen-bond donors (Lipinski definition) is 0. The average Bonchev–Trinajstić information content (AvgIpc) is 2.85. The highest BCUT2D eigenvalue weighted by Crippen LogP contribution is 2.36. The Morgan fingerprint density at radius 3 is 1.23 bits per heavy atom. The van der Waals surface area contributed by atoms with Gasteiger partial charge in [-0.15, -0.1) is 0 Å². The summed E-state index contributed by atoms with van der Waals surface area (Å²) in [5.74, 6) is 0. The van der Waals surface area contributed by atoms with Crippen molar-refractivity contribution in [3.05, 3.63) is 122 Å². The number of pyridine rings is 2. The van der Waals surface area contributed by atoms with Gasteiger partial charge in [0.1, 0.15) is 0 Å². The molecule has 0 bridgehead atoms. The Morgan fingerprint density at radius 2 is 0.800 bits per heavy atom. The third-order valence-electron chi connectivity index (χ3n) is 5.22. The molecule has 0 atom stereocenters. The van der Waals surface area contributed by atoms with Crippen molar-refractivity contribution in [3.8, 4) is 44.8 Å². The Labute approximate surface area is 176 Å². The molecule has 0 fully saturated rings. The van der Waals surface area contributed by atoms with E-state index in [4.69, 9.17) is 0 Å². The van der Waals surface area contributed by atoms with Gasteiger partial charge in [0.05, 0.1) is 11.4 Å². The number of hydrogen-bond acceptors (Lipinski definition) is 2. The number of rotatable bonds is 4. The summed E-state index contributed by atoms with van der Waals surface area (Å²) in [5, 5.41) is 0. The van der Waals surface area contributed by atoms with Crippen molar-refractivity contribution >= 4 is 0 Å². The van der Waals surface area contributed by atoms with Gasteiger partial charge in [-0.2, -0.15) is 0 Å².